The molecule has 4 nitrogen and oxygen atoms in total. The number of imidazole rings is 1. The number of nitrogens with zero attached hydrogens (tertiary/aromatic N) is 2. The molecule has 0 saturated carbocycles. The van der Waals surface area contributed by atoms with Crippen LogP contribution in [0.4, 0.5) is 0 Å². The molecule has 1 rings (SSSR count). The first-order chi connectivity index (χ1) is 5.38. The molecule has 0 amide bonds. The van der Waals surface area contributed by atoms with Crippen molar-refractivity contribution in [2.75, 3.05) is 6.26 Å². The van der Waals surface area contributed by atoms with Crippen molar-refractivity contribution in [3.63, 3.8) is 0 Å². The van der Waals surface area contributed by atoms with Gasteiger partial charge in [0.15, 0.2) is 5.82 Å². The minimum atomic E-state index is 0.709. The van der Waals surface area contributed by atoms with Crippen LogP contribution in [0.5, 0.6) is 0 Å². The summed E-state index contributed by atoms with van der Waals surface area (Å²) in [6, 6.07) is 0. The number of aromatic nitrogens is 2. The van der Waals surface area contributed by atoms with Crippen molar-refractivity contribution < 1.29 is 0 Å². The van der Waals surface area contributed by atoms with Gasteiger partial charge < -0.3 is 4.98 Å². The highest BCUT2D eigenvalue weighted by atomic mass is 32.2. The Bertz CT molecular complexity index is 252. The van der Waals surface area contributed by atoms with Crippen LogP contribution in [0, 0.1) is 5.41 Å². The highest BCUT2D eigenvalue weighted by Gasteiger charge is 2.01. The van der Waals surface area contributed by atoms with Crippen molar-refractivity contribution in [2.45, 2.75) is 0 Å². The van der Waals surface area contributed by atoms with Crippen LogP contribution in [-0.4, -0.2) is 27.6 Å². The van der Waals surface area contributed by atoms with Crippen LogP contribution in [0.3, 0.4) is 0 Å². The highest BCUT2D eigenvalue weighted by molar-refractivity contribution is 8.13. The monoisotopic (exact) mass is 168 g/mol. The molecular weight excluding hydrogens is 160 g/mol. The summed E-state index contributed by atoms with van der Waals surface area (Å²) in [5.41, 5.74) is 0. The minimum Gasteiger partial charge on any atom is -0.343 e. The summed E-state index contributed by atoms with van der Waals surface area (Å²) >= 11 is 1.46. The van der Waals surface area contributed by atoms with E-state index in [0.29, 0.717) is 5.82 Å². The van der Waals surface area contributed by atoms with Crippen molar-refractivity contribution in [2.24, 2.45) is 4.99 Å². The summed E-state index contributed by atoms with van der Waals surface area (Å²) in [5, 5.41) is 7.50. The van der Waals surface area contributed by atoms with Crippen LogP contribution < -0.4 is 0 Å². The van der Waals surface area contributed by atoms with Crippen molar-refractivity contribution in [3.05, 3.63) is 18.2 Å². The molecule has 1 aromatic heterocycles. The zero-order chi connectivity index (χ0) is 8.10. The molecule has 1 aromatic rings. The standard InChI is InChI=1S/C6H8N4S/c1-11-6(10-4-7)5-8-2-3-9-5/h2-4,7H,1H3,(H,8,9)/b7-4?,10-6+. The van der Waals surface area contributed by atoms with Gasteiger partial charge in [0.2, 0.25) is 0 Å². The summed E-state index contributed by atoms with van der Waals surface area (Å²) in [4.78, 5) is 10.7. The Morgan fingerprint density at radius 1 is 1.91 bits per heavy atom. The van der Waals surface area contributed by atoms with Gasteiger partial charge in [-0.15, -0.1) is 11.8 Å². The molecular formula is C6H8N4S. The number of H-pyrrole nitrogens is 1. The largest absolute Gasteiger partial charge is 0.343 e. The SMILES string of the molecule is CS/C(=N/C=N)c1ncc[nH]1. The number of aromatic amines is 1. The van der Waals surface area contributed by atoms with Gasteiger partial charge in [-0.05, 0) is 6.26 Å². The third-order valence-corrected chi connectivity index (χ3v) is 1.76. The maximum atomic E-state index is 6.77. The second-order valence-corrected chi connectivity index (χ2v) is 2.50. The lowest BCUT2D eigenvalue weighted by Gasteiger charge is -1.93. The Kier molecular flexibility index (Phi) is 2.85. The summed E-state index contributed by atoms with van der Waals surface area (Å²) in [5.74, 6) is 0.709. The lowest BCUT2D eigenvalue weighted by molar-refractivity contribution is 1.27. The lowest BCUT2D eigenvalue weighted by Crippen LogP contribution is -1.97. The number of thioether (sulfide) groups is 1. The molecule has 58 valence electrons. The molecule has 1 heterocycles. The van der Waals surface area contributed by atoms with Crippen molar-refractivity contribution in [1.82, 2.24) is 9.97 Å². The zero-order valence-electron chi connectivity index (χ0n) is 6.03. The van der Waals surface area contributed by atoms with Gasteiger partial charge in [0.05, 0.1) is 0 Å². The van der Waals surface area contributed by atoms with Crippen molar-refractivity contribution in [1.29, 1.82) is 5.41 Å². The van der Waals surface area contributed by atoms with E-state index in [1.807, 2.05) is 6.26 Å². The molecule has 0 aliphatic carbocycles. The highest BCUT2D eigenvalue weighted by Crippen LogP contribution is 2.04. The van der Waals surface area contributed by atoms with Gasteiger partial charge in [-0.1, -0.05) is 0 Å². The zero-order valence-corrected chi connectivity index (χ0v) is 6.85. The van der Waals surface area contributed by atoms with E-state index in [0.717, 1.165) is 11.4 Å². The maximum Gasteiger partial charge on any atom is 0.162 e. The van der Waals surface area contributed by atoms with E-state index in [2.05, 4.69) is 15.0 Å². The Morgan fingerprint density at radius 2 is 2.73 bits per heavy atom. The van der Waals surface area contributed by atoms with Crippen LogP contribution in [-0.2, 0) is 0 Å². The molecule has 0 bridgehead atoms. The first-order valence-electron chi connectivity index (χ1n) is 2.99. The normalized spacial score (nSPS) is 11.5. The summed E-state index contributed by atoms with van der Waals surface area (Å²) < 4.78 is 0. The minimum absolute atomic E-state index is 0.709. The fourth-order valence-corrected chi connectivity index (χ4v) is 1.11. The van der Waals surface area contributed by atoms with Crippen LogP contribution in [0.2, 0.25) is 0 Å². The van der Waals surface area contributed by atoms with E-state index >= 15 is 0 Å². The van der Waals surface area contributed by atoms with Gasteiger partial charge in [-0.2, -0.15) is 0 Å². The molecule has 0 radical (unpaired) electrons. The second-order valence-electron chi connectivity index (χ2n) is 1.71. The average molecular weight is 168 g/mol. The van der Waals surface area contributed by atoms with Gasteiger partial charge in [0.1, 0.15) is 11.4 Å². The van der Waals surface area contributed by atoms with Gasteiger partial charge >= 0.3 is 0 Å². The van der Waals surface area contributed by atoms with Crippen molar-refractivity contribution in [3.8, 4) is 0 Å². The summed E-state index contributed by atoms with van der Waals surface area (Å²) in [7, 11) is 0. The Balaban J connectivity index is 2.88. The summed E-state index contributed by atoms with van der Waals surface area (Å²) in [6.07, 6.45) is 6.29. The maximum absolute atomic E-state index is 6.77. The molecule has 0 unspecified atom stereocenters. The van der Waals surface area contributed by atoms with E-state index in [4.69, 9.17) is 5.41 Å². The van der Waals surface area contributed by atoms with Crippen LogP contribution >= 0.6 is 11.8 Å². The fraction of sp³-hybridized carbons (Fsp3) is 0.167. The predicted octanol–water partition coefficient (Wildman–Crippen LogP) is 1.13. The van der Waals surface area contributed by atoms with E-state index < -0.39 is 0 Å². The Labute approximate surface area is 68.7 Å². The molecule has 0 atom stereocenters. The molecule has 5 heteroatoms. The van der Waals surface area contributed by atoms with Crippen LogP contribution in [0.1, 0.15) is 5.82 Å². The number of rotatable bonds is 2. The van der Waals surface area contributed by atoms with Gasteiger partial charge in [0, 0.05) is 12.4 Å². The topological polar surface area (TPSA) is 64.9 Å². The summed E-state index contributed by atoms with van der Waals surface area (Å²) in [6.45, 7) is 0. The molecule has 0 saturated heterocycles. The molecule has 0 aliphatic rings. The van der Waals surface area contributed by atoms with E-state index in [-0.39, 0.29) is 0 Å². The first-order valence-corrected chi connectivity index (χ1v) is 4.21. The predicted molar refractivity (Wildman–Crippen MR) is 47.4 cm³/mol. The van der Waals surface area contributed by atoms with E-state index in [9.17, 15) is 0 Å². The smallest absolute Gasteiger partial charge is 0.162 e. The number of aliphatic imine (C=N–C) groups is 1. The fourth-order valence-electron chi connectivity index (χ4n) is 0.651. The van der Waals surface area contributed by atoms with E-state index in [1.54, 1.807) is 12.4 Å². The van der Waals surface area contributed by atoms with Crippen LogP contribution in [0.15, 0.2) is 17.4 Å². The van der Waals surface area contributed by atoms with Gasteiger partial charge in [0.25, 0.3) is 0 Å². The van der Waals surface area contributed by atoms with Crippen molar-refractivity contribution >= 4 is 23.1 Å². The first kappa shape index (κ1) is 8.00. The molecule has 11 heavy (non-hydrogen) atoms. The third kappa shape index (κ3) is 1.91. The lowest BCUT2D eigenvalue weighted by atomic mass is 10.7. The third-order valence-electron chi connectivity index (χ3n) is 1.08. The molecule has 0 aliphatic heterocycles. The average Bonchev–Trinajstić information content (AvgIpc) is 2.52. The van der Waals surface area contributed by atoms with Gasteiger partial charge in [-0.3, -0.25) is 5.41 Å². The molecule has 0 spiro atoms. The molecule has 0 fully saturated rings. The molecule has 2 N–H and O–H groups in total. The van der Waals surface area contributed by atoms with Crippen LogP contribution in [0.25, 0.3) is 0 Å². The number of hydrogen-bond donors (Lipinski definition) is 2. The number of hydrogen-bond acceptors (Lipinski definition) is 3. The second kappa shape index (κ2) is 3.92. The Hall–Kier alpha value is -1.10. The van der Waals surface area contributed by atoms with E-state index in [1.165, 1.54) is 11.8 Å². The Morgan fingerprint density at radius 3 is 3.18 bits per heavy atom. The quantitative estimate of drug-likeness (QED) is 0.513. The number of nitrogens with one attached hydrogen (secondary N) is 2. The van der Waals surface area contributed by atoms with Gasteiger partial charge in [-0.25, -0.2) is 9.98 Å². The molecule has 0 aromatic carbocycles.